The number of nitrogens with one attached hydrogen (secondary N) is 2. The highest BCUT2D eigenvalue weighted by Gasteiger charge is 2.32. The van der Waals surface area contributed by atoms with Crippen molar-refractivity contribution in [2.24, 2.45) is 0 Å². The largest absolute Gasteiger partial charge is 0.352 e. The Hall–Kier alpha value is -2.76. The van der Waals surface area contributed by atoms with Gasteiger partial charge < -0.3 is 10.6 Å². The summed E-state index contributed by atoms with van der Waals surface area (Å²) in [6, 6.07) is 17.2. The van der Waals surface area contributed by atoms with Gasteiger partial charge in [0.2, 0.25) is 0 Å². The molecule has 0 fully saturated rings. The summed E-state index contributed by atoms with van der Waals surface area (Å²) in [5, 5.41) is 11.7. The monoisotopic (exact) mass is 440 g/mol. The van der Waals surface area contributed by atoms with E-state index in [0.717, 1.165) is 29.9 Å². The van der Waals surface area contributed by atoms with E-state index < -0.39 is 0 Å². The number of fused-ring (bicyclic) bond motifs is 1. The van der Waals surface area contributed by atoms with Crippen LogP contribution in [-0.2, 0) is 11.2 Å². The highest BCUT2D eigenvalue weighted by Crippen LogP contribution is 2.37. The van der Waals surface area contributed by atoms with E-state index in [1.165, 1.54) is 5.56 Å². The number of amides is 1. The number of nitrogens with zero attached hydrogens (tertiary/aromatic N) is 2. The molecule has 0 saturated heterocycles. The van der Waals surface area contributed by atoms with Crippen LogP contribution < -0.4 is 10.6 Å². The van der Waals surface area contributed by atoms with Gasteiger partial charge in [0.15, 0.2) is 0 Å². The average Bonchev–Trinajstić information content (AvgIpc) is 3.21. The van der Waals surface area contributed by atoms with Crippen molar-refractivity contribution in [3.05, 3.63) is 93.2 Å². The second-order valence-electron chi connectivity index (χ2n) is 7.25. The minimum Gasteiger partial charge on any atom is -0.352 e. The number of hydrogen-bond donors (Lipinski definition) is 2. The first-order chi connectivity index (χ1) is 14.5. The number of carbonyl (C=O) groups excluding carboxylic acids is 1. The van der Waals surface area contributed by atoms with Crippen LogP contribution in [0.5, 0.6) is 0 Å². The maximum atomic E-state index is 13.2. The number of benzene rings is 2. The van der Waals surface area contributed by atoms with Crippen molar-refractivity contribution >= 4 is 34.9 Å². The van der Waals surface area contributed by atoms with Crippen molar-refractivity contribution in [1.29, 1.82) is 0 Å². The Kier molecular flexibility index (Phi) is 6.11. The molecule has 30 heavy (non-hydrogen) atoms. The first kappa shape index (κ1) is 20.5. The maximum absolute atomic E-state index is 13.2. The average molecular weight is 441 g/mol. The molecule has 0 spiro atoms. The molecule has 1 amide bonds. The molecule has 1 atom stereocenters. The normalized spacial score (nSPS) is 15.5. The molecule has 1 aliphatic heterocycles. The van der Waals surface area contributed by atoms with Crippen LogP contribution in [0.25, 0.3) is 0 Å². The second kappa shape index (κ2) is 8.94. The van der Waals surface area contributed by atoms with Gasteiger partial charge in [-0.3, -0.25) is 4.79 Å². The van der Waals surface area contributed by atoms with E-state index in [2.05, 4.69) is 27.9 Å². The van der Waals surface area contributed by atoms with Gasteiger partial charge in [-0.15, -0.1) is 0 Å². The van der Waals surface area contributed by atoms with Crippen LogP contribution in [0.1, 0.15) is 30.5 Å². The van der Waals surface area contributed by atoms with Gasteiger partial charge in [-0.05, 0) is 43.0 Å². The van der Waals surface area contributed by atoms with Gasteiger partial charge in [0.25, 0.3) is 5.91 Å². The molecule has 0 aliphatic carbocycles. The van der Waals surface area contributed by atoms with Gasteiger partial charge >= 0.3 is 0 Å². The van der Waals surface area contributed by atoms with Gasteiger partial charge in [0, 0.05) is 18.3 Å². The first-order valence-electron chi connectivity index (χ1n) is 9.83. The van der Waals surface area contributed by atoms with E-state index in [9.17, 15) is 4.79 Å². The van der Waals surface area contributed by atoms with Gasteiger partial charge in [-0.2, -0.15) is 5.10 Å². The molecule has 4 rings (SSSR count). The molecule has 0 saturated carbocycles. The summed E-state index contributed by atoms with van der Waals surface area (Å²) >= 11 is 12.4. The second-order valence-corrected chi connectivity index (χ2v) is 8.06. The lowest BCUT2D eigenvalue weighted by Gasteiger charge is -2.30. The van der Waals surface area contributed by atoms with Crippen molar-refractivity contribution in [3.63, 3.8) is 0 Å². The Bertz CT molecular complexity index is 1090. The Morgan fingerprint density at radius 1 is 1.13 bits per heavy atom. The van der Waals surface area contributed by atoms with Crippen molar-refractivity contribution in [2.75, 3.05) is 11.9 Å². The molecular weight excluding hydrogens is 419 g/mol. The highest BCUT2D eigenvalue weighted by atomic mass is 35.5. The topological polar surface area (TPSA) is 59.0 Å². The number of anilines is 1. The number of hydrogen-bond acceptors (Lipinski definition) is 3. The minimum absolute atomic E-state index is 0.120. The smallest absolute Gasteiger partial charge is 0.251 e. The van der Waals surface area contributed by atoms with Gasteiger partial charge in [-0.25, -0.2) is 4.68 Å². The summed E-state index contributed by atoms with van der Waals surface area (Å²) in [7, 11) is 0. The molecular formula is C23H22Cl2N4O. The molecule has 1 aliphatic rings. The predicted octanol–water partition coefficient (Wildman–Crippen LogP) is 5.23. The predicted molar refractivity (Wildman–Crippen MR) is 121 cm³/mol. The number of aromatic nitrogens is 2. The third-order valence-electron chi connectivity index (χ3n) is 5.18. The fourth-order valence-electron chi connectivity index (χ4n) is 3.72. The van der Waals surface area contributed by atoms with Crippen LogP contribution in [0.4, 0.5) is 5.82 Å². The van der Waals surface area contributed by atoms with Crippen LogP contribution in [0.3, 0.4) is 0 Å². The zero-order valence-corrected chi connectivity index (χ0v) is 18.0. The molecule has 0 bridgehead atoms. The lowest BCUT2D eigenvalue weighted by atomic mass is 9.95. The number of halogens is 2. The summed E-state index contributed by atoms with van der Waals surface area (Å²) in [4.78, 5) is 13.2. The fraction of sp³-hybridized carbons (Fsp3) is 0.217. The van der Waals surface area contributed by atoms with E-state index in [-0.39, 0.29) is 11.9 Å². The molecule has 0 radical (unpaired) electrons. The Morgan fingerprint density at radius 2 is 1.93 bits per heavy atom. The number of carbonyl (C=O) groups is 1. The van der Waals surface area contributed by atoms with E-state index in [4.69, 9.17) is 23.2 Å². The van der Waals surface area contributed by atoms with Crippen LogP contribution >= 0.6 is 23.2 Å². The number of aryl methyl sites for hydroxylation is 1. The minimum atomic E-state index is -0.389. The van der Waals surface area contributed by atoms with E-state index in [1.54, 1.807) is 23.0 Å². The summed E-state index contributed by atoms with van der Waals surface area (Å²) in [5.41, 5.74) is 3.52. The van der Waals surface area contributed by atoms with E-state index in [0.29, 0.717) is 22.2 Å². The molecule has 3 aromatic rings. The summed E-state index contributed by atoms with van der Waals surface area (Å²) in [6.45, 7) is 2.49. The molecule has 7 heteroatoms. The lowest BCUT2D eigenvalue weighted by molar-refractivity contribution is -0.118. The standard InChI is InChI=1S/C23H22Cl2N4O/c1-15-21(23(30)26-12-5-8-16-6-3-2-4-7-16)22(29-20(28-15)11-13-27-29)17-9-10-18(24)19(25)14-17/h2-4,6-7,9-11,13-14,22,28H,5,8,12H2,1H3,(H,26,30). The maximum Gasteiger partial charge on any atom is 0.251 e. The summed E-state index contributed by atoms with van der Waals surface area (Å²) < 4.78 is 1.80. The Morgan fingerprint density at radius 3 is 2.70 bits per heavy atom. The molecule has 2 heterocycles. The highest BCUT2D eigenvalue weighted by molar-refractivity contribution is 6.42. The van der Waals surface area contributed by atoms with Crippen LogP contribution in [0.2, 0.25) is 10.0 Å². The molecule has 5 nitrogen and oxygen atoms in total. The van der Waals surface area contributed by atoms with Gasteiger partial charge in [-0.1, -0.05) is 59.6 Å². The van der Waals surface area contributed by atoms with Gasteiger partial charge in [0.1, 0.15) is 11.9 Å². The SMILES string of the molecule is CC1=C(C(=O)NCCCc2ccccc2)C(c2ccc(Cl)c(Cl)c2)n2nccc2N1. The van der Waals surface area contributed by atoms with Crippen molar-refractivity contribution in [2.45, 2.75) is 25.8 Å². The molecule has 2 N–H and O–H groups in total. The zero-order chi connectivity index (χ0) is 21.1. The van der Waals surface area contributed by atoms with E-state index >= 15 is 0 Å². The van der Waals surface area contributed by atoms with E-state index in [1.807, 2.05) is 37.3 Å². The zero-order valence-electron chi connectivity index (χ0n) is 16.5. The molecule has 1 aromatic heterocycles. The van der Waals surface area contributed by atoms with Crippen LogP contribution in [0, 0.1) is 0 Å². The fourth-order valence-corrected chi connectivity index (χ4v) is 4.03. The number of rotatable bonds is 6. The van der Waals surface area contributed by atoms with Crippen molar-refractivity contribution < 1.29 is 4.79 Å². The molecule has 2 aromatic carbocycles. The number of allylic oxidation sites excluding steroid dienone is 1. The van der Waals surface area contributed by atoms with Gasteiger partial charge in [0.05, 0.1) is 21.8 Å². The quantitative estimate of drug-likeness (QED) is 0.516. The van der Waals surface area contributed by atoms with Crippen LogP contribution in [0.15, 0.2) is 72.1 Å². The Balaban J connectivity index is 1.54. The van der Waals surface area contributed by atoms with Crippen molar-refractivity contribution in [1.82, 2.24) is 15.1 Å². The molecule has 154 valence electrons. The van der Waals surface area contributed by atoms with Crippen molar-refractivity contribution in [3.8, 4) is 0 Å². The third-order valence-corrected chi connectivity index (χ3v) is 5.92. The summed E-state index contributed by atoms with van der Waals surface area (Å²) in [5.74, 6) is 0.703. The third kappa shape index (κ3) is 4.23. The molecule has 1 unspecified atom stereocenters. The Labute approximate surface area is 185 Å². The summed E-state index contributed by atoms with van der Waals surface area (Å²) in [6.07, 6.45) is 3.48. The van der Waals surface area contributed by atoms with Crippen LogP contribution in [-0.4, -0.2) is 22.2 Å². The lowest BCUT2D eigenvalue weighted by Crippen LogP contribution is -2.35. The first-order valence-corrected chi connectivity index (χ1v) is 10.6.